The minimum atomic E-state index is -0.341. The molecule has 1 heterocycles. The van der Waals surface area contributed by atoms with E-state index in [9.17, 15) is 9.90 Å². The molecule has 5 heteroatoms. The number of nitrogens with zero attached hydrogens (tertiary/aromatic N) is 2. The van der Waals surface area contributed by atoms with Crippen LogP contribution in [0.4, 0.5) is 0 Å². The zero-order valence-electron chi connectivity index (χ0n) is 11.4. The van der Waals surface area contributed by atoms with Gasteiger partial charge in [0.05, 0.1) is 11.8 Å². The molecule has 2 N–H and O–H groups in total. The highest BCUT2D eigenvalue weighted by Gasteiger charge is 2.03. The van der Waals surface area contributed by atoms with Crippen LogP contribution in [0.1, 0.15) is 21.5 Å². The highest BCUT2D eigenvalue weighted by Crippen LogP contribution is 2.18. The summed E-state index contributed by atoms with van der Waals surface area (Å²) in [5.41, 5.74) is 4.31. The molecule has 0 bridgehead atoms. The minimum absolute atomic E-state index is 0.178. The fourth-order valence-electron chi connectivity index (χ4n) is 1.72. The number of phenols is 1. The number of aromatic hydroxyl groups is 1. The zero-order chi connectivity index (χ0) is 15.1. The molecule has 0 fully saturated rings. The number of allylic oxidation sites excluding steroid dienone is 1. The highest BCUT2D eigenvalue weighted by molar-refractivity contribution is 5.94. The van der Waals surface area contributed by atoms with Crippen LogP contribution in [0.5, 0.6) is 5.75 Å². The van der Waals surface area contributed by atoms with E-state index in [2.05, 4.69) is 22.1 Å². The lowest BCUT2D eigenvalue weighted by Crippen LogP contribution is -2.17. The Morgan fingerprint density at radius 2 is 2.29 bits per heavy atom. The predicted molar refractivity (Wildman–Crippen MR) is 81.3 cm³/mol. The zero-order valence-corrected chi connectivity index (χ0v) is 11.4. The molecule has 2 aromatic rings. The van der Waals surface area contributed by atoms with Crippen LogP contribution in [-0.4, -0.2) is 22.2 Å². The Morgan fingerprint density at radius 1 is 1.43 bits per heavy atom. The molecule has 106 valence electrons. The highest BCUT2D eigenvalue weighted by atomic mass is 16.3. The topological polar surface area (TPSA) is 74.6 Å². The number of carbonyl (C=O) groups is 1. The summed E-state index contributed by atoms with van der Waals surface area (Å²) in [5, 5.41) is 13.7. The maximum Gasteiger partial charge on any atom is 0.272 e. The SMILES string of the molecule is C=CCc1ccc(C=NNC(=O)c2cccnc2)cc1O. The molecule has 0 saturated carbocycles. The lowest BCUT2D eigenvalue weighted by Gasteiger charge is -2.02. The Morgan fingerprint density at radius 3 is 2.95 bits per heavy atom. The van der Waals surface area contributed by atoms with Gasteiger partial charge < -0.3 is 5.11 Å². The van der Waals surface area contributed by atoms with Gasteiger partial charge >= 0.3 is 0 Å². The van der Waals surface area contributed by atoms with E-state index >= 15 is 0 Å². The van der Waals surface area contributed by atoms with Gasteiger partial charge in [0.25, 0.3) is 5.91 Å². The second-order valence-corrected chi connectivity index (χ2v) is 4.32. The first-order chi connectivity index (χ1) is 10.2. The van der Waals surface area contributed by atoms with Crippen LogP contribution in [0.15, 0.2) is 60.5 Å². The van der Waals surface area contributed by atoms with Crippen molar-refractivity contribution >= 4 is 12.1 Å². The van der Waals surface area contributed by atoms with E-state index in [1.54, 1.807) is 42.6 Å². The van der Waals surface area contributed by atoms with E-state index in [-0.39, 0.29) is 11.7 Å². The van der Waals surface area contributed by atoms with E-state index in [1.807, 2.05) is 0 Å². The molecule has 0 radical (unpaired) electrons. The number of pyridine rings is 1. The standard InChI is InChI=1S/C16H15N3O2/c1-2-4-13-7-6-12(9-15(13)20)10-18-19-16(21)14-5-3-8-17-11-14/h2-3,5-11,20H,1,4H2,(H,19,21). The van der Waals surface area contributed by atoms with Gasteiger partial charge in [-0.1, -0.05) is 18.2 Å². The lowest BCUT2D eigenvalue weighted by atomic mass is 10.1. The van der Waals surface area contributed by atoms with Crippen molar-refractivity contribution in [3.63, 3.8) is 0 Å². The molecule has 0 aliphatic heterocycles. The van der Waals surface area contributed by atoms with Gasteiger partial charge in [-0.15, -0.1) is 6.58 Å². The lowest BCUT2D eigenvalue weighted by molar-refractivity contribution is 0.0955. The van der Waals surface area contributed by atoms with Crippen LogP contribution < -0.4 is 5.43 Å². The van der Waals surface area contributed by atoms with E-state index in [0.29, 0.717) is 17.5 Å². The Kier molecular flexibility index (Phi) is 4.82. The molecule has 21 heavy (non-hydrogen) atoms. The van der Waals surface area contributed by atoms with Crippen LogP contribution >= 0.6 is 0 Å². The van der Waals surface area contributed by atoms with Crippen molar-refractivity contribution in [2.45, 2.75) is 6.42 Å². The molecule has 0 aliphatic carbocycles. The number of benzene rings is 1. The van der Waals surface area contributed by atoms with Crippen molar-refractivity contribution in [3.05, 3.63) is 72.1 Å². The van der Waals surface area contributed by atoms with Gasteiger partial charge in [-0.3, -0.25) is 9.78 Å². The summed E-state index contributed by atoms with van der Waals surface area (Å²) in [4.78, 5) is 15.6. The number of amides is 1. The summed E-state index contributed by atoms with van der Waals surface area (Å²) in [6.07, 6.45) is 6.83. The summed E-state index contributed by atoms with van der Waals surface area (Å²) in [7, 11) is 0. The monoisotopic (exact) mass is 281 g/mol. The van der Waals surface area contributed by atoms with E-state index in [4.69, 9.17) is 0 Å². The molecule has 0 spiro atoms. The van der Waals surface area contributed by atoms with Gasteiger partial charge in [-0.2, -0.15) is 5.10 Å². The van der Waals surface area contributed by atoms with Crippen molar-refractivity contribution < 1.29 is 9.90 Å². The number of rotatable bonds is 5. The summed E-state index contributed by atoms with van der Waals surface area (Å²) >= 11 is 0. The molecule has 1 amide bonds. The summed E-state index contributed by atoms with van der Waals surface area (Å²) in [5.74, 6) is -0.163. The van der Waals surface area contributed by atoms with Gasteiger partial charge in [0, 0.05) is 12.4 Å². The predicted octanol–water partition coefficient (Wildman–Crippen LogP) is 2.28. The normalized spacial score (nSPS) is 10.5. The minimum Gasteiger partial charge on any atom is -0.508 e. The van der Waals surface area contributed by atoms with E-state index in [1.165, 1.54) is 12.4 Å². The maximum atomic E-state index is 11.7. The largest absolute Gasteiger partial charge is 0.508 e. The molecule has 5 nitrogen and oxygen atoms in total. The van der Waals surface area contributed by atoms with E-state index < -0.39 is 0 Å². The maximum absolute atomic E-state index is 11.7. The smallest absolute Gasteiger partial charge is 0.272 e. The van der Waals surface area contributed by atoms with Crippen LogP contribution in [-0.2, 0) is 6.42 Å². The third kappa shape index (κ3) is 4.01. The van der Waals surface area contributed by atoms with Crippen molar-refractivity contribution in [2.24, 2.45) is 5.10 Å². The van der Waals surface area contributed by atoms with Crippen LogP contribution in [0.3, 0.4) is 0 Å². The van der Waals surface area contributed by atoms with E-state index in [0.717, 1.165) is 5.56 Å². The van der Waals surface area contributed by atoms with Crippen molar-refractivity contribution in [2.75, 3.05) is 0 Å². The fraction of sp³-hybridized carbons (Fsp3) is 0.0625. The molecule has 0 unspecified atom stereocenters. The molecule has 0 saturated heterocycles. The quantitative estimate of drug-likeness (QED) is 0.501. The number of nitrogens with one attached hydrogen (secondary N) is 1. The Labute approximate surface area is 122 Å². The van der Waals surface area contributed by atoms with Crippen LogP contribution in [0.2, 0.25) is 0 Å². The van der Waals surface area contributed by atoms with Crippen LogP contribution in [0.25, 0.3) is 0 Å². The number of phenolic OH excluding ortho intramolecular Hbond substituents is 1. The van der Waals surface area contributed by atoms with Crippen LogP contribution in [0, 0.1) is 0 Å². The van der Waals surface area contributed by atoms with Crippen molar-refractivity contribution in [1.29, 1.82) is 0 Å². The second kappa shape index (κ2) is 7.00. The molecule has 1 aromatic carbocycles. The Bertz CT molecular complexity index is 666. The Balaban J connectivity index is 2.00. The summed E-state index contributed by atoms with van der Waals surface area (Å²) < 4.78 is 0. The number of hydrogen-bond acceptors (Lipinski definition) is 4. The number of aromatic nitrogens is 1. The van der Waals surface area contributed by atoms with Gasteiger partial charge in [0.1, 0.15) is 5.75 Å². The number of hydrazone groups is 1. The first-order valence-corrected chi connectivity index (χ1v) is 6.37. The number of carbonyl (C=O) groups excluding carboxylic acids is 1. The summed E-state index contributed by atoms with van der Waals surface area (Å²) in [6.45, 7) is 3.63. The average molecular weight is 281 g/mol. The Hall–Kier alpha value is -2.95. The first-order valence-electron chi connectivity index (χ1n) is 6.37. The van der Waals surface area contributed by atoms with Crippen molar-refractivity contribution in [1.82, 2.24) is 10.4 Å². The van der Waals surface area contributed by atoms with Gasteiger partial charge in [0.15, 0.2) is 0 Å². The molecule has 2 rings (SSSR count). The average Bonchev–Trinajstić information content (AvgIpc) is 2.51. The molecule has 0 atom stereocenters. The van der Waals surface area contributed by atoms with Gasteiger partial charge in [-0.05, 0) is 35.7 Å². The van der Waals surface area contributed by atoms with Gasteiger partial charge in [0.2, 0.25) is 0 Å². The molecular formula is C16H15N3O2. The summed E-state index contributed by atoms with van der Waals surface area (Å²) in [6, 6.07) is 8.50. The van der Waals surface area contributed by atoms with Crippen molar-refractivity contribution in [3.8, 4) is 5.75 Å². The fourth-order valence-corrected chi connectivity index (χ4v) is 1.72. The number of hydrogen-bond donors (Lipinski definition) is 2. The van der Waals surface area contributed by atoms with Gasteiger partial charge in [-0.25, -0.2) is 5.43 Å². The first kappa shape index (κ1) is 14.5. The molecule has 1 aromatic heterocycles. The molecular weight excluding hydrogens is 266 g/mol. The third-order valence-corrected chi connectivity index (χ3v) is 2.78. The molecule has 0 aliphatic rings. The third-order valence-electron chi connectivity index (χ3n) is 2.78. The second-order valence-electron chi connectivity index (χ2n) is 4.32.